The Labute approximate surface area is 118 Å². The lowest BCUT2D eigenvalue weighted by Gasteiger charge is -2.10. The monoisotopic (exact) mass is 266 g/mol. The number of hydrogen-bond acceptors (Lipinski definition) is 3. The first kappa shape index (κ1) is 12.7. The summed E-state index contributed by atoms with van der Waals surface area (Å²) in [5.74, 6) is 0. The maximum absolute atomic E-state index is 4.46. The van der Waals surface area contributed by atoms with E-state index in [4.69, 9.17) is 0 Å². The van der Waals surface area contributed by atoms with Crippen LogP contribution in [0, 0.1) is 13.8 Å². The van der Waals surface area contributed by atoms with Gasteiger partial charge in [-0.1, -0.05) is 6.07 Å². The number of benzene rings is 1. The first-order valence-corrected chi connectivity index (χ1v) is 6.72. The topological polar surface area (TPSA) is 42.7 Å². The minimum atomic E-state index is 0.771. The van der Waals surface area contributed by atoms with Crippen LogP contribution in [0.5, 0.6) is 0 Å². The zero-order valence-electron chi connectivity index (χ0n) is 12.0. The summed E-state index contributed by atoms with van der Waals surface area (Å²) in [5.41, 5.74) is 5.64. The van der Waals surface area contributed by atoms with Crippen LogP contribution in [0.15, 0.2) is 36.7 Å². The average molecular weight is 266 g/mol. The van der Waals surface area contributed by atoms with E-state index in [1.165, 1.54) is 11.1 Å². The molecule has 0 aliphatic rings. The highest BCUT2D eigenvalue weighted by molar-refractivity contribution is 5.93. The van der Waals surface area contributed by atoms with Gasteiger partial charge in [-0.3, -0.25) is 9.67 Å². The molecule has 0 aliphatic heterocycles. The number of anilines is 1. The Balaban J connectivity index is 1.92. The second-order valence-corrected chi connectivity index (χ2v) is 5.10. The minimum absolute atomic E-state index is 0.771. The van der Waals surface area contributed by atoms with Crippen molar-refractivity contribution in [1.82, 2.24) is 14.8 Å². The molecule has 2 aromatic heterocycles. The van der Waals surface area contributed by atoms with Crippen molar-refractivity contribution in [1.29, 1.82) is 0 Å². The van der Waals surface area contributed by atoms with E-state index >= 15 is 0 Å². The highest BCUT2D eigenvalue weighted by Gasteiger charge is 2.06. The van der Waals surface area contributed by atoms with Gasteiger partial charge in [0.1, 0.15) is 0 Å². The van der Waals surface area contributed by atoms with Crippen LogP contribution in [0.2, 0.25) is 0 Å². The van der Waals surface area contributed by atoms with Gasteiger partial charge >= 0.3 is 0 Å². The van der Waals surface area contributed by atoms with Gasteiger partial charge in [0.05, 0.1) is 11.2 Å². The molecule has 3 aromatic rings. The molecule has 0 aliphatic carbocycles. The van der Waals surface area contributed by atoms with Crippen LogP contribution < -0.4 is 5.32 Å². The van der Waals surface area contributed by atoms with E-state index < -0.39 is 0 Å². The molecule has 1 aromatic carbocycles. The normalized spacial score (nSPS) is 10.9. The number of nitrogens with zero attached hydrogens (tertiary/aromatic N) is 3. The molecular formula is C16H18N4. The number of aromatic nitrogens is 3. The Kier molecular flexibility index (Phi) is 3.14. The maximum atomic E-state index is 4.46. The lowest BCUT2D eigenvalue weighted by Crippen LogP contribution is -2.01. The van der Waals surface area contributed by atoms with Crippen LogP contribution in [0.25, 0.3) is 10.9 Å². The second-order valence-electron chi connectivity index (χ2n) is 5.10. The van der Waals surface area contributed by atoms with Crippen molar-refractivity contribution in [2.24, 2.45) is 7.05 Å². The molecular weight excluding hydrogens is 248 g/mol. The molecule has 3 rings (SSSR count). The maximum Gasteiger partial charge on any atom is 0.0751 e. The lowest BCUT2D eigenvalue weighted by atomic mass is 10.1. The molecule has 0 amide bonds. The molecule has 0 radical (unpaired) electrons. The van der Waals surface area contributed by atoms with E-state index in [1.54, 1.807) is 0 Å². The Morgan fingerprint density at radius 3 is 2.80 bits per heavy atom. The molecule has 4 heteroatoms. The molecule has 4 nitrogen and oxygen atoms in total. The molecule has 0 saturated heterocycles. The molecule has 102 valence electrons. The number of nitrogens with one attached hydrogen (secondary N) is 1. The van der Waals surface area contributed by atoms with Gasteiger partial charge in [0, 0.05) is 42.6 Å². The van der Waals surface area contributed by atoms with E-state index in [0.29, 0.717) is 0 Å². The van der Waals surface area contributed by atoms with E-state index in [0.717, 1.165) is 28.8 Å². The van der Waals surface area contributed by atoms with E-state index in [9.17, 15) is 0 Å². The molecule has 20 heavy (non-hydrogen) atoms. The van der Waals surface area contributed by atoms with E-state index in [-0.39, 0.29) is 0 Å². The summed E-state index contributed by atoms with van der Waals surface area (Å²) in [6, 6.07) is 8.30. The first-order valence-electron chi connectivity index (χ1n) is 6.72. The minimum Gasteiger partial charge on any atom is -0.380 e. The van der Waals surface area contributed by atoms with Crippen LogP contribution in [0.4, 0.5) is 5.69 Å². The predicted molar refractivity (Wildman–Crippen MR) is 81.8 cm³/mol. The van der Waals surface area contributed by atoms with Gasteiger partial charge in [-0.15, -0.1) is 0 Å². The number of aryl methyl sites for hydroxylation is 3. The molecule has 2 heterocycles. The fourth-order valence-electron chi connectivity index (χ4n) is 2.48. The van der Waals surface area contributed by atoms with Crippen molar-refractivity contribution in [2.75, 3.05) is 5.32 Å². The third-order valence-electron chi connectivity index (χ3n) is 3.56. The fraction of sp³-hybridized carbons (Fsp3) is 0.250. The predicted octanol–water partition coefficient (Wildman–Crippen LogP) is 3.20. The van der Waals surface area contributed by atoms with Gasteiger partial charge < -0.3 is 5.32 Å². The standard InChI is InChI=1S/C16H18N4/c1-11-6-7-15(14-5-4-8-17-16(11)14)18-9-13-10-20(3)19-12(13)2/h4-8,10,18H,9H2,1-3H3. The quantitative estimate of drug-likeness (QED) is 0.791. The Bertz CT molecular complexity index is 758. The van der Waals surface area contributed by atoms with E-state index in [2.05, 4.69) is 46.7 Å². The molecule has 0 atom stereocenters. The second kappa shape index (κ2) is 4.96. The zero-order chi connectivity index (χ0) is 14.1. The van der Waals surface area contributed by atoms with Gasteiger partial charge in [0.2, 0.25) is 0 Å². The molecule has 0 bridgehead atoms. The summed E-state index contributed by atoms with van der Waals surface area (Å²) < 4.78 is 1.85. The van der Waals surface area contributed by atoms with Crippen LogP contribution in [-0.4, -0.2) is 14.8 Å². The Hall–Kier alpha value is -2.36. The highest BCUT2D eigenvalue weighted by atomic mass is 15.2. The number of fused-ring (bicyclic) bond motifs is 1. The van der Waals surface area contributed by atoms with Gasteiger partial charge in [-0.25, -0.2) is 0 Å². The summed E-state index contributed by atoms with van der Waals surface area (Å²) in [5, 5.41) is 9.02. The Morgan fingerprint density at radius 2 is 2.05 bits per heavy atom. The molecule has 0 fully saturated rings. The molecule has 1 N–H and O–H groups in total. The van der Waals surface area contributed by atoms with Crippen molar-refractivity contribution >= 4 is 16.6 Å². The number of pyridine rings is 1. The summed E-state index contributed by atoms with van der Waals surface area (Å²) >= 11 is 0. The fourth-order valence-corrected chi connectivity index (χ4v) is 2.48. The largest absolute Gasteiger partial charge is 0.380 e. The van der Waals surface area contributed by atoms with Gasteiger partial charge in [-0.2, -0.15) is 5.10 Å². The zero-order valence-corrected chi connectivity index (χ0v) is 12.0. The third kappa shape index (κ3) is 2.25. The number of hydrogen-bond donors (Lipinski definition) is 1. The van der Waals surface area contributed by atoms with Crippen molar-refractivity contribution in [3.05, 3.63) is 53.5 Å². The SMILES string of the molecule is Cc1nn(C)cc1CNc1ccc(C)c2ncccc12. The molecule has 0 saturated carbocycles. The van der Waals surface area contributed by atoms with Crippen molar-refractivity contribution in [3.8, 4) is 0 Å². The average Bonchev–Trinajstić information content (AvgIpc) is 2.77. The van der Waals surface area contributed by atoms with Crippen molar-refractivity contribution < 1.29 is 0 Å². The smallest absolute Gasteiger partial charge is 0.0751 e. The Morgan fingerprint density at radius 1 is 1.20 bits per heavy atom. The summed E-state index contributed by atoms with van der Waals surface area (Å²) in [4.78, 5) is 4.46. The van der Waals surface area contributed by atoms with Crippen molar-refractivity contribution in [3.63, 3.8) is 0 Å². The van der Waals surface area contributed by atoms with E-state index in [1.807, 2.05) is 30.9 Å². The highest BCUT2D eigenvalue weighted by Crippen LogP contribution is 2.25. The van der Waals surface area contributed by atoms with Crippen LogP contribution in [-0.2, 0) is 13.6 Å². The van der Waals surface area contributed by atoms with Gasteiger partial charge in [-0.05, 0) is 37.6 Å². The summed E-state index contributed by atoms with van der Waals surface area (Å²) in [7, 11) is 1.95. The lowest BCUT2D eigenvalue weighted by molar-refractivity contribution is 0.756. The van der Waals surface area contributed by atoms with Crippen LogP contribution >= 0.6 is 0 Å². The molecule has 0 spiro atoms. The van der Waals surface area contributed by atoms with Crippen LogP contribution in [0.1, 0.15) is 16.8 Å². The van der Waals surface area contributed by atoms with Gasteiger partial charge in [0.15, 0.2) is 0 Å². The third-order valence-corrected chi connectivity index (χ3v) is 3.56. The van der Waals surface area contributed by atoms with Crippen molar-refractivity contribution in [2.45, 2.75) is 20.4 Å². The van der Waals surface area contributed by atoms with Crippen LogP contribution in [0.3, 0.4) is 0 Å². The number of rotatable bonds is 3. The summed E-state index contributed by atoms with van der Waals surface area (Å²) in [6.45, 7) is 4.89. The first-order chi connectivity index (χ1) is 9.65. The van der Waals surface area contributed by atoms with Gasteiger partial charge in [0.25, 0.3) is 0 Å². The summed E-state index contributed by atoms with van der Waals surface area (Å²) in [6.07, 6.45) is 3.89. The molecule has 0 unspecified atom stereocenters.